The maximum absolute atomic E-state index is 12.3. The summed E-state index contributed by atoms with van der Waals surface area (Å²) >= 11 is 0. The molecule has 0 heterocycles. The third-order valence-corrected chi connectivity index (χ3v) is 3.22. The minimum atomic E-state index is -0.558. The van der Waals surface area contributed by atoms with Crippen LogP contribution >= 0.6 is 0 Å². The normalized spacial score (nSPS) is 11.2. The summed E-state index contributed by atoms with van der Waals surface area (Å²) in [4.78, 5) is 12.3. The number of aliphatic hydroxyl groups excluding tert-OH is 1. The fourth-order valence-corrected chi connectivity index (χ4v) is 2.19. The zero-order valence-corrected chi connectivity index (χ0v) is 13.9. The van der Waals surface area contributed by atoms with E-state index in [1.165, 1.54) is 0 Å². The van der Waals surface area contributed by atoms with Gasteiger partial charge in [0.1, 0.15) is 11.4 Å². The van der Waals surface area contributed by atoms with Gasteiger partial charge in [0.25, 0.3) is 0 Å². The molecule has 2 rings (SSSR count). The number of hydrogen-bond donors (Lipinski definition) is 1. The number of methoxy groups -OCH3 is 1. The van der Waals surface area contributed by atoms with Crippen molar-refractivity contribution in [2.75, 3.05) is 7.11 Å². The Bertz CT molecular complexity index is 699. The Morgan fingerprint density at radius 3 is 2.43 bits per heavy atom. The van der Waals surface area contributed by atoms with Crippen LogP contribution in [-0.2, 0) is 11.3 Å². The van der Waals surface area contributed by atoms with E-state index in [1.807, 2.05) is 51.1 Å². The Labute approximate surface area is 136 Å². The summed E-state index contributed by atoms with van der Waals surface area (Å²) in [6, 6.07) is 12.8. The Hall–Kier alpha value is -2.33. The van der Waals surface area contributed by atoms with E-state index in [2.05, 4.69) is 0 Å². The average Bonchev–Trinajstić information content (AvgIpc) is 2.52. The molecule has 1 N–H and O–H groups in total. The van der Waals surface area contributed by atoms with Gasteiger partial charge in [-0.3, -0.25) is 0 Å². The number of aliphatic hydroxyl groups is 1. The molecule has 122 valence electrons. The van der Waals surface area contributed by atoms with Crippen molar-refractivity contribution in [3.8, 4) is 16.9 Å². The molecule has 0 aliphatic carbocycles. The molecule has 0 fully saturated rings. The van der Waals surface area contributed by atoms with Crippen LogP contribution < -0.4 is 4.74 Å². The van der Waals surface area contributed by atoms with Crippen LogP contribution in [0.25, 0.3) is 11.1 Å². The van der Waals surface area contributed by atoms with E-state index in [4.69, 9.17) is 9.47 Å². The van der Waals surface area contributed by atoms with Crippen molar-refractivity contribution in [3.05, 3.63) is 53.6 Å². The van der Waals surface area contributed by atoms with E-state index in [9.17, 15) is 9.90 Å². The Balaban J connectivity index is 2.44. The molecule has 0 aromatic heterocycles. The van der Waals surface area contributed by atoms with E-state index in [-0.39, 0.29) is 6.61 Å². The summed E-state index contributed by atoms with van der Waals surface area (Å²) < 4.78 is 10.7. The second kappa shape index (κ2) is 6.84. The van der Waals surface area contributed by atoms with Gasteiger partial charge in [0.2, 0.25) is 0 Å². The lowest BCUT2D eigenvalue weighted by Gasteiger charge is -2.20. The highest BCUT2D eigenvalue weighted by atomic mass is 16.6. The minimum Gasteiger partial charge on any atom is -0.497 e. The molecule has 2 aromatic carbocycles. The third kappa shape index (κ3) is 4.57. The molecule has 2 aromatic rings. The number of benzene rings is 2. The highest BCUT2D eigenvalue weighted by Gasteiger charge is 2.19. The standard InChI is InChI=1S/C19H22O4/c1-19(2,3)23-18(21)16-9-15(10-17(11-16)22-4)14-7-5-6-13(8-14)12-20/h5-11,20H,12H2,1-4H3. The first-order valence-electron chi connectivity index (χ1n) is 7.45. The summed E-state index contributed by atoms with van der Waals surface area (Å²) in [7, 11) is 1.56. The largest absolute Gasteiger partial charge is 0.497 e. The molecule has 0 aliphatic heterocycles. The van der Waals surface area contributed by atoms with E-state index in [0.29, 0.717) is 11.3 Å². The monoisotopic (exact) mass is 314 g/mol. The van der Waals surface area contributed by atoms with Gasteiger partial charge in [-0.25, -0.2) is 4.79 Å². The molecule has 0 aliphatic rings. The van der Waals surface area contributed by atoms with E-state index in [1.54, 1.807) is 19.2 Å². The smallest absolute Gasteiger partial charge is 0.338 e. The third-order valence-electron chi connectivity index (χ3n) is 3.22. The number of esters is 1. The maximum atomic E-state index is 12.3. The van der Waals surface area contributed by atoms with Crippen molar-refractivity contribution in [1.29, 1.82) is 0 Å². The SMILES string of the molecule is COc1cc(C(=O)OC(C)(C)C)cc(-c2cccc(CO)c2)c1. The van der Waals surface area contributed by atoms with Gasteiger partial charge >= 0.3 is 5.97 Å². The zero-order valence-electron chi connectivity index (χ0n) is 13.9. The molecule has 23 heavy (non-hydrogen) atoms. The Morgan fingerprint density at radius 2 is 1.83 bits per heavy atom. The molecule has 0 amide bonds. The molecule has 4 heteroatoms. The topological polar surface area (TPSA) is 55.8 Å². The molecule has 4 nitrogen and oxygen atoms in total. The molecular formula is C19H22O4. The van der Waals surface area contributed by atoms with Gasteiger partial charge in [-0.2, -0.15) is 0 Å². The van der Waals surface area contributed by atoms with Gasteiger partial charge in [-0.1, -0.05) is 18.2 Å². The van der Waals surface area contributed by atoms with Crippen LogP contribution in [0.5, 0.6) is 5.75 Å². The van der Waals surface area contributed by atoms with Crippen LogP contribution in [0.1, 0.15) is 36.7 Å². The summed E-state index contributed by atoms with van der Waals surface area (Å²) in [5.74, 6) is 0.189. The molecule has 0 radical (unpaired) electrons. The van der Waals surface area contributed by atoms with Crippen molar-refractivity contribution in [3.63, 3.8) is 0 Å². The fourth-order valence-electron chi connectivity index (χ4n) is 2.19. The van der Waals surface area contributed by atoms with Gasteiger partial charge in [0.15, 0.2) is 0 Å². The van der Waals surface area contributed by atoms with Crippen LogP contribution in [0, 0.1) is 0 Å². The number of rotatable bonds is 4. The van der Waals surface area contributed by atoms with Crippen molar-refractivity contribution in [1.82, 2.24) is 0 Å². The number of carbonyl (C=O) groups is 1. The van der Waals surface area contributed by atoms with Gasteiger partial charge in [0, 0.05) is 0 Å². The average molecular weight is 314 g/mol. The van der Waals surface area contributed by atoms with Crippen LogP contribution in [-0.4, -0.2) is 23.8 Å². The zero-order chi connectivity index (χ0) is 17.0. The summed E-state index contributed by atoms with van der Waals surface area (Å²) in [5.41, 5.74) is 2.42. The first kappa shape index (κ1) is 17.0. The van der Waals surface area contributed by atoms with Crippen molar-refractivity contribution in [2.45, 2.75) is 33.0 Å². The lowest BCUT2D eigenvalue weighted by Crippen LogP contribution is -2.23. The molecule has 0 spiro atoms. The molecule has 0 saturated carbocycles. The lowest BCUT2D eigenvalue weighted by atomic mass is 10.0. The van der Waals surface area contributed by atoms with E-state index in [0.717, 1.165) is 16.7 Å². The molecule has 0 saturated heterocycles. The minimum absolute atomic E-state index is 0.0310. The number of hydrogen-bond acceptors (Lipinski definition) is 4. The molecule has 0 atom stereocenters. The lowest BCUT2D eigenvalue weighted by molar-refractivity contribution is 0.00692. The van der Waals surface area contributed by atoms with Crippen LogP contribution in [0.15, 0.2) is 42.5 Å². The van der Waals surface area contributed by atoms with Crippen molar-refractivity contribution in [2.24, 2.45) is 0 Å². The second-order valence-corrected chi connectivity index (χ2v) is 6.31. The fraction of sp³-hybridized carbons (Fsp3) is 0.316. The molecule has 0 unspecified atom stereocenters. The molecular weight excluding hydrogens is 292 g/mol. The van der Waals surface area contributed by atoms with Gasteiger partial charge in [-0.05, 0) is 61.7 Å². The highest BCUT2D eigenvalue weighted by molar-refractivity contribution is 5.92. The first-order chi connectivity index (χ1) is 10.8. The second-order valence-electron chi connectivity index (χ2n) is 6.31. The Morgan fingerprint density at radius 1 is 1.09 bits per heavy atom. The maximum Gasteiger partial charge on any atom is 0.338 e. The predicted molar refractivity (Wildman–Crippen MR) is 89.5 cm³/mol. The highest BCUT2D eigenvalue weighted by Crippen LogP contribution is 2.28. The van der Waals surface area contributed by atoms with Gasteiger partial charge in [0.05, 0.1) is 19.3 Å². The summed E-state index contributed by atoms with van der Waals surface area (Å²) in [6.07, 6.45) is 0. The Kier molecular flexibility index (Phi) is 5.06. The first-order valence-corrected chi connectivity index (χ1v) is 7.45. The number of carbonyl (C=O) groups excluding carboxylic acids is 1. The van der Waals surface area contributed by atoms with Crippen LogP contribution in [0.2, 0.25) is 0 Å². The quantitative estimate of drug-likeness (QED) is 0.872. The van der Waals surface area contributed by atoms with Gasteiger partial charge < -0.3 is 14.6 Å². The predicted octanol–water partition coefficient (Wildman–Crippen LogP) is 3.81. The van der Waals surface area contributed by atoms with Crippen LogP contribution in [0.3, 0.4) is 0 Å². The van der Waals surface area contributed by atoms with E-state index < -0.39 is 11.6 Å². The van der Waals surface area contributed by atoms with E-state index >= 15 is 0 Å². The summed E-state index contributed by atoms with van der Waals surface area (Å²) in [6.45, 7) is 5.46. The number of ether oxygens (including phenoxy) is 2. The summed E-state index contributed by atoms with van der Waals surface area (Å²) in [5, 5.41) is 9.28. The van der Waals surface area contributed by atoms with Gasteiger partial charge in [-0.15, -0.1) is 0 Å². The molecule has 0 bridgehead atoms. The van der Waals surface area contributed by atoms with Crippen molar-refractivity contribution >= 4 is 5.97 Å². The van der Waals surface area contributed by atoms with Crippen LogP contribution in [0.4, 0.5) is 0 Å². The van der Waals surface area contributed by atoms with Crippen molar-refractivity contribution < 1.29 is 19.4 Å².